The van der Waals surface area contributed by atoms with Crippen LogP contribution >= 0.6 is 23.4 Å². The number of carbonyl (C=O) groups excluding carboxylic acids is 1. The van der Waals surface area contributed by atoms with Gasteiger partial charge < -0.3 is 10.6 Å². The third-order valence-electron chi connectivity index (χ3n) is 2.87. The number of hydrogen-bond donors (Lipinski definition) is 1. The summed E-state index contributed by atoms with van der Waals surface area (Å²) in [5.41, 5.74) is 6.83. The van der Waals surface area contributed by atoms with E-state index in [2.05, 4.69) is 6.92 Å². The van der Waals surface area contributed by atoms with Crippen molar-refractivity contribution in [1.29, 1.82) is 0 Å². The molecule has 1 unspecified atom stereocenters. The lowest BCUT2D eigenvalue weighted by Gasteiger charge is -2.33. The van der Waals surface area contributed by atoms with Gasteiger partial charge >= 0.3 is 0 Å². The Labute approximate surface area is 110 Å². The van der Waals surface area contributed by atoms with Crippen LogP contribution in [-0.4, -0.2) is 34.9 Å². The summed E-state index contributed by atoms with van der Waals surface area (Å²) in [6, 6.07) is 5.27. The number of hydrogen-bond acceptors (Lipinski definition) is 3. The van der Waals surface area contributed by atoms with E-state index in [0.717, 1.165) is 18.1 Å². The molecule has 0 bridgehead atoms. The van der Waals surface area contributed by atoms with Gasteiger partial charge in [-0.05, 0) is 25.1 Å². The molecule has 0 aliphatic carbocycles. The van der Waals surface area contributed by atoms with E-state index in [9.17, 15) is 4.79 Å². The second-order valence-electron chi connectivity index (χ2n) is 4.15. The zero-order chi connectivity index (χ0) is 12.4. The molecule has 1 aliphatic heterocycles. The highest BCUT2D eigenvalue weighted by molar-refractivity contribution is 7.99. The van der Waals surface area contributed by atoms with Crippen LogP contribution < -0.4 is 5.73 Å². The molecule has 0 saturated carbocycles. The number of amides is 1. The molecule has 1 aromatic carbocycles. The molecule has 2 rings (SSSR count). The third-order valence-corrected chi connectivity index (χ3v) is 4.30. The number of benzene rings is 1. The van der Waals surface area contributed by atoms with Crippen LogP contribution in [0.3, 0.4) is 0 Å². The highest BCUT2D eigenvalue weighted by Gasteiger charge is 2.25. The Bertz CT molecular complexity index is 439. The van der Waals surface area contributed by atoms with Gasteiger partial charge in [-0.3, -0.25) is 4.79 Å². The quantitative estimate of drug-likeness (QED) is 0.798. The number of carbonyl (C=O) groups is 1. The fourth-order valence-corrected chi connectivity index (χ4v) is 3.08. The number of nitrogens with two attached hydrogens (primary N) is 1. The van der Waals surface area contributed by atoms with E-state index in [1.54, 1.807) is 18.2 Å². The number of nitrogen functional groups attached to an aromatic ring is 1. The Balaban J connectivity index is 2.26. The number of rotatable bonds is 1. The maximum atomic E-state index is 12.4. The van der Waals surface area contributed by atoms with Gasteiger partial charge in [0, 0.05) is 34.8 Å². The minimum Gasteiger partial charge on any atom is -0.398 e. The molecule has 3 nitrogen and oxygen atoms in total. The average Bonchev–Trinajstić information content (AvgIpc) is 2.32. The molecule has 5 heteroatoms. The summed E-state index contributed by atoms with van der Waals surface area (Å²) in [5, 5.41) is 0.543. The Morgan fingerprint density at radius 3 is 3.06 bits per heavy atom. The fourth-order valence-electron chi connectivity index (χ4n) is 1.90. The number of nitrogens with zero attached hydrogens (tertiary/aromatic N) is 1. The molecule has 17 heavy (non-hydrogen) atoms. The van der Waals surface area contributed by atoms with E-state index >= 15 is 0 Å². The summed E-state index contributed by atoms with van der Waals surface area (Å²) < 4.78 is 0. The first-order valence-corrected chi connectivity index (χ1v) is 7.06. The van der Waals surface area contributed by atoms with Crippen molar-refractivity contribution in [2.75, 3.05) is 23.8 Å². The number of thioether (sulfide) groups is 1. The van der Waals surface area contributed by atoms with E-state index in [1.165, 1.54) is 0 Å². The third kappa shape index (κ3) is 2.69. The summed E-state index contributed by atoms with van der Waals surface area (Å²) in [4.78, 5) is 14.2. The normalized spacial score (nSPS) is 20.4. The Kier molecular flexibility index (Phi) is 3.84. The second kappa shape index (κ2) is 5.19. The van der Waals surface area contributed by atoms with Gasteiger partial charge in [0.05, 0.1) is 5.56 Å². The lowest BCUT2D eigenvalue weighted by molar-refractivity contribution is 0.0717. The molecular weight excluding hydrogens is 256 g/mol. The molecule has 0 radical (unpaired) electrons. The smallest absolute Gasteiger partial charge is 0.256 e. The molecule has 0 aromatic heterocycles. The van der Waals surface area contributed by atoms with E-state index in [-0.39, 0.29) is 11.9 Å². The maximum absolute atomic E-state index is 12.4. The molecule has 0 spiro atoms. The SMILES string of the molecule is CC1CSCCN1C(=O)c1cc(Cl)ccc1N. The molecule has 1 saturated heterocycles. The first kappa shape index (κ1) is 12.6. The minimum absolute atomic E-state index is 0.0159. The lowest BCUT2D eigenvalue weighted by atomic mass is 10.1. The first-order valence-electron chi connectivity index (χ1n) is 5.53. The highest BCUT2D eigenvalue weighted by atomic mass is 35.5. The predicted molar refractivity (Wildman–Crippen MR) is 73.7 cm³/mol. The minimum atomic E-state index is -0.0159. The summed E-state index contributed by atoms with van der Waals surface area (Å²) >= 11 is 7.78. The molecule has 92 valence electrons. The van der Waals surface area contributed by atoms with Gasteiger partial charge in [0.2, 0.25) is 0 Å². The van der Waals surface area contributed by atoms with Crippen LogP contribution in [0.15, 0.2) is 18.2 Å². The number of halogens is 1. The molecule has 1 fully saturated rings. The van der Waals surface area contributed by atoms with Gasteiger partial charge in [-0.2, -0.15) is 11.8 Å². The van der Waals surface area contributed by atoms with Crippen molar-refractivity contribution in [3.63, 3.8) is 0 Å². The van der Waals surface area contributed by atoms with Crippen molar-refractivity contribution in [1.82, 2.24) is 4.90 Å². The zero-order valence-corrected chi connectivity index (χ0v) is 11.2. The first-order chi connectivity index (χ1) is 8.09. The molecule has 1 amide bonds. The second-order valence-corrected chi connectivity index (χ2v) is 5.74. The number of anilines is 1. The lowest BCUT2D eigenvalue weighted by Crippen LogP contribution is -2.44. The van der Waals surface area contributed by atoms with Crippen LogP contribution in [0.2, 0.25) is 5.02 Å². The summed E-state index contributed by atoms with van der Waals surface area (Å²) in [5.74, 6) is 1.95. The van der Waals surface area contributed by atoms with Crippen LogP contribution in [0, 0.1) is 0 Å². The highest BCUT2D eigenvalue weighted by Crippen LogP contribution is 2.23. The summed E-state index contributed by atoms with van der Waals surface area (Å²) in [6.07, 6.45) is 0. The fraction of sp³-hybridized carbons (Fsp3) is 0.417. The van der Waals surface area contributed by atoms with Crippen LogP contribution in [0.25, 0.3) is 0 Å². The van der Waals surface area contributed by atoms with Gasteiger partial charge in [-0.1, -0.05) is 11.6 Å². The van der Waals surface area contributed by atoms with E-state index < -0.39 is 0 Å². The molecule has 1 atom stereocenters. The summed E-state index contributed by atoms with van der Waals surface area (Å²) in [7, 11) is 0. The van der Waals surface area contributed by atoms with Gasteiger partial charge in [0.15, 0.2) is 0 Å². The molecular formula is C12H15ClN2OS. The van der Waals surface area contributed by atoms with Gasteiger partial charge in [0.1, 0.15) is 0 Å². The van der Waals surface area contributed by atoms with Gasteiger partial charge in [-0.15, -0.1) is 0 Å². The monoisotopic (exact) mass is 270 g/mol. The Hall–Kier alpha value is -0.870. The Morgan fingerprint density at radius 1 is 1.59 bits per heavy atom. The topological polar surface area (TPSA) is 46.3 Å². The molecule has 1 aliphatic rings. The summed E-state index contributed by atoms with van der Waals surface area (Å²) in [6.45, 7) is 2.83. The van der Waals surface area contributed by atoms with E-state index in [0.29, 0.717) is 16.3 Å². The molecule has 2 N–H and O–H groups in total. The molecule has 1 heterocycles. The van der Waals surface area contributed by atoms with Crippen LogP contribution in [-0.2, 0) is 0 Å². The Morgan fingerprint density at radius 2 is 2.35 bits per heavy atom. The molecule has 1 aromatic rings. The zero-order valence-electron chi connectivity index (χ0n) is 9.65. The van der Waals surface area contributed by atoms with Crippen molar-refractivity contribution >= 4 is 35.0 Å². The van der Waals surface area contributed by atoms with Crippen LogP contribution in [0.5, 0.6) is 0 Å². The average molecular weight is 271 g/mol. The van der Waals surface area contributed by atoms with E-state index in [4.69, 9.17) is 17.3 Å². The van der Waals surface area contributed by atoms with Crippen molar-refractivity contribution in [3.05, 3.63) is 28.8 Å². The van der Waals surface area contributed by atoms with Crippen molar-refractivity contribution in [2.45, 2.75) is 13.0 Å². The largest absolute Gasteiger partial charge is 0.398 e. The maximum Gasteiger partial charge on any atom is 0.256 e. The van der Waals surface area contributed by atoms with Crippen molar-refractivity contribution in [2.24, 2.45) is 0 Å². The van der Waals surface area contributed by atoms with Gasteiger partial charge in [0.25, 0.3) is 5.91 Å². The van der Waals surface area contributed by atoms with Crippen molar-refractivity contribution < 1.29 is 4.79 Å². The van der Waals surface area contributed by atoms with E-state index in [1.807, 2.05) is 16.7 Å². The van der Waals surface area contributed by atoms with Gasteiger partial charge in [-0.25, -0.2) is 0 Å². The van der Waals surface area contributed by atoms with Crippen LogP contribution in [0.1, 0.15) is 17.3 Å². The standard InChI is InChI=1S/C12H15ClN2OS/c1-8-7-17-5-4-15(8)12(16)10-6-9(13)2-3-11(10)14/h2-3,6,8H,4-5,7,14H2,1H3. The van der Waals surface area contributed by atoms with Crippen LogP contribution in [0.4, 0.5) is 5.69 Å². The van der Waals surface area contributed by atoms with Crippen molar-refractivity contribution in [3.8, 4) is 0 Å². The predicted octanol–water partition coefficient (Wildman–Crippen LogP) is 2.50.